The van der Waals surface area contributed by atoms with Gasteiger partial charge in [-0.05, 0) is 32.1 Å². The molecule has 0 radical (unpaired) electrons. The fourth-order valence-corrected chi connectivity index (χ4v) is 3.07. The van der Waals surface area contributed by atoms with Crippen LogP contribution in [0.3, 0.4) is 0 Å². The molecule has 0 aromatic carbocycles. The third-order valence-corrected chi connectivity index (χ3v) is 4.57. The monoisotopic (exact) mass is 308 g/mol. The molecule has 6 nitrogen and oxygen atoms in total. The Morgan fingerprint density at radius 1 is 1.36 bits per heavy atom. The van der Waals surface area contributed by atoms with Gasteiger partial charge < -0.3 is 14.9 Å². The smallest absolute Gasteiger partial charge is 0.306 e. The summed E-state index contributed by atoms with van der Waals surface area (Å²) < 4.78 is 5.26. The van der Waals surface area contributed by atoms with Gasteiger partial charge in [0.2, 0.25) is 5.91 Å². The second kappa shape index (κ2) is 7.42. The Labute approximate surface area is 130 Å². The first-order valence-corrected chi connectivity index (χ1v) is 8.01. The van der Waals surface area contributed by atoms with Crippen molar-refractivity contribution in [3.63, 3.8) is 0 Å². The van der Waals surface area contributed by atoms with Gasteiger partial charge in [-0.2, -0.15) is 0 Å². The van der Waals surface area contributed by atoms with Gasteiger partial charge in [0.25, 0.3) is 0 Å². The zero-order chi connectivity index (χ0) is 16.1. The lowest BCUT2D eigenvalue weighted by Gasteiger charge is -2.09. The topological polar surface area (TPSA) is 92.4 Å². The molecule has 1 saturated carbocycles. The van der Waals surface area contributed by atoms with Crippen LogP contribution in [0.2, 0.25) is 0 Å². The number of aliphatic carboxylic acids is 1. The summed E-state index contributed by atoms with van der Waals surface area (Å²) in [6.07, 6.45) is 3.66. The first kappa shape index (κ1) is 16.5. The fourth-order valence-electron chi connectivity index (χ4n) is 3.07. The number of hydrogen-bond acceptors (Lipinski definition) is 4. The molecule has 2 atom stereocenters. The lowest BCUT2D eigenvalue weighted by Crippen LogP contribution is -2.29. The summed E-state index contributed by atoms with van der Waals surface area (Å²) in [6, 6.07) is 1.90. The van der Waals surface area contributed by atoms with Gasteiger partial charge in [0.05, 0.1) is 18.2 Å². The Balaban J connectivity index is 1.83. The molecule has 1 amide bonds. The Morgan fingerprint density at radius 3 is 2.64 bits per heavy atom. The maximum atomic E-state index is 12.1. The van der Waals surface area contributed by atoms with E-state index >= 15 is 0 Å². The van der Waals surface area contributed by atoms with Crippen LogP contribution in [-0.2, 0) is 16.1 Å². The highest BCUT2D eigenvalue weighted by molar-refractivity contribution is 5.80. The van der Waals surface area contributed by atoms with E-state index in [0.29, 0.717) is 37.5 Å². The van der Waals surface area contributed by atoms with Crippen LogP contribution >= 0.6 is 0 Å². The highest BCUT2D eigenvalue weighted by Crippen LogP contribution is 2.31. The lowest BCUT2D eigenvalue weighted by molar-refractivity contribution is -0.141. The van der Waals surface area contributed by atoms with Crippen molar-refractivity contribution in [1.29, 1.82) is 0 Å². The maximum absolute atomic E-state index is 12.1. The van der Waals surface area contributed by atoms with Crippen LogP contribution in [0.5, 0.6) is 0 Å². The zero-order valence-corrected chi connectivity index (χ0v) is 13.2. The van der Waals surface area contributed by atoms with Crippen molar-refractivity contribution in [2.75, 3.05) is 0 Å². The summed E-state index contributed by atoms with van der Waals surface area (Å²) in [5, 5.41) is 15.9. The van der Waals surface area contributed by atoms with Gasteiger partial charge in [-0.15, -0.1) is 0 Å². The predicted octanol–water partition coefficient (Wildman–Crippen LogP) is 2.70. The summed E-state index contributed by atoms with van der Waals surface area (Å²) in [4.78, 5) is 23.0. The van der Waals surface area contributed by atoms with Gasteiger partial charge in [-0.3, -0.25) is 9.59 Å². The lowest BCUT2D eigenvalue weighted by atomic mass is 9.99. The SMILES string of the molecule is CCC(CC)c1cc(CNC(=O)[C@@H]2CC[C@H](C(=O)O)C2)on1. The largest absolute Gasteiger partial charge is 0.481 e. The molecular formula is C16H24N2O4. The molecule has 2 rings (SSSR count). The molecule has 1 fully saturated rings. The van der Waals surface area contributed by atoms with E-state index in [-0.39, 0.29) is 17.7 Å². The van der Waals surface area contributed by atoms with Crippen LogP contribution < -0.4 is 5.32 Å². The van der Waals surface area contributed by atoms with E-state index in [1.807, 2.05) is 6.07 Å². The van der Waals surface area contributed by atoms with Crippen molar-refractivity contribution >= 4 is 11.9 Å². The maximum Gasteiger partial charge on any atom is 0.306 e. The van der Waals surface area contributed by atoms with E-state index in [9.17, 15) is 9.59 Å². The van der Waals surface area contributed by atoms with Crippen molar-refractivity contribution in [2.45, 2.75) is 58.4 Å². The molecule has 122 valence electrons. The molecule has 0 spiro atoms. The van der Waals surface area contributed by atoms with Gasteiger partial charge in [-0.1, -0.05) is 19.0 Å². The Bertz CT molecular complexity index is 522. The van der Waals surface area contributed by atoms with Crippen LogP contribution in [0.1, 0.15) is 63.3 Å². The zero-order valence-electron chi connectivity index (χ0n) is 13.2. The minimum atomic E-state index is -0.805. The number of carbonyl (C=O) groups excluding carboxylic acids is 1. The first-order chi connectivity index (χ1) is 10.5. The molecular weight excluding hydrogens is 284 g/mol. The van der Waals surface area contributed by atoms with Crippen LogP contribution in [0, 0.1) is 11.8 Å². The van der Waals surface area contributed by atoms with Crippen molar-refractivity contribution in [3.8, 4) is 0 Å². The van der Waals surface area contributed by atoms with Gasteiger partial charge in [0.15, 0.2) is 5.76 Å². The first-order valence-electron chi connectivity index (χ1n) is 8.01. The van der Waals surface area contributed by atoms with E-state index < -0.39 is 5.97 Å². The average Bonchev–Trinajstić information content (AvgIpc) is 3.16. The third-order valence-electron chi connectivity index (χ3n) is 4.57. The number of rotatable bonds is 7. The van der Waals surface area contributed by atoms with Crippen molar-refractivity contribution in [1.82, 2.24) is 10.5 Å². The van der Waals surface area contributed by atoms with Gasteiger partial charge in [-0.25, -0.2) is 0 Å². The molecule has 22 heavy (non-hydrogen) atoms. The molecule has 6 heteroatoms. The number of nitrogens with one attached hydrogen (secondary N) is 1. The van der Waals surface area contributed by atoms with E-state index in [0.717, 1.165) is 18.5 Å². The standard InChI is InChI=1S/C16H24N2O4/c1-3-10(4-2)14-8-13(22-18-14)9-17-15(19)11-5-6-12(7-11)16(20)21/h8,10-12H,3-7,9H2,1-2H3,(H,17,19)(H,20,21)/t11-,12+/m1/s1. The van der Waals surface area contributed by atoms with Crippen molar-refractivity contribution in [3.05, 3.63) is 17.5 Å². The number of carbonyl (C=O) groups is 2. The van der Waals surface area contributed by atoms with E-state index in [2.05, 4.69) is 24.3 Å². The van der Waals surface area contributed by atoms with Crippen molar-refractivity contribution in [2.24, 2.45) is 11.8 Å². The summed E-state index contributed by atoms with van der Waals surface area (Å²) >= 11 is 0. The van der Waals surface area contributed by atoms with Crippen LogP contribution in [0.15, 0.2) is 10.6 Å². The minimum absolute atomic E-state index is 0.0933. The molecule has 0 unspecified atom stereocenters. The molecule has 1 aromatic heterocycles. The Hall–Kier alpha value is -1.85. The van der Waals surface area contributed by atoms with Crippen molar-refractivity contribution < 1.29 is 19.2 Å². The second-order valence-corrected chi connectivity index (χ2v) is 5.99. The molecule has 0 saturated heterocycles. The Kier molecular flexibility index (Phi) is 5.57. The van der Waals surface area contributed by atoms with Crippen LogP contribution in [-0.4, -0.2) is 22.1 Å². The number of carboxylic acids is 1. The number of nitrogens with zero attached hydrogens (tertiary/aromatic N) is 1. The second-order valence-electron chi connectivity index (χ2n) is 5.99. The molecule has 1 aromatic rings. The number of amides is 1. The number of carboxylic acid groups (broad SMARTS) is 1. The normalized spacial score (nSPS) is 21.2. The predicted molar refractivity (Wildman–Crippen MR) is 80.1 cm³/mol. The molecule has 0 aliphatic heterocycles. The van der Waals surface area contributed by atoms with Crippen LogP contribution in [0.25, 0.3) is 0 Å². The average molecular weight is 308 g/mol. The summed E-state index contributed by atoms with van der Waals surface area (Å²) in [7, 11) is 0. The van der Waals surface area contributed by atoms with Gasteiger partial charge in [0, 0.05) is 17.9 Å². The quantitative estimate of drug-likeness (QED) is 0.808. The highest BCUT2D eigenvalue weighted by Gasteiger charge is 2.33. The van der Waals surface area contributed by atoms with E-state index in [1.165, 1.54) is 0 Å². The molecule has 2 N–H and O–H groups in total. The molecule has 0 bridgehead atoms. The highest BCUT2D eigenvalue weighted by atomic mass is 16.5. The summed E-state index contributed by atoms with van der Waals surface area (Å²) in [6.45, 7) is 4.53. The fraction of sp³-hybridized carbons (Fsp3) is 0.688. The Morgan fingerprint density at radius 2 is 2.05 bits per heavy atom. The van der Waals surface area contributed by atoms with Crippen LogP contribution in [0.4, 0.5) is 0 Å². The number of hydrogen-bond donors (Lipinski definition) is 2. The number of aromatic nitrogens is 1. The minimum Gasteiger partial charge on any atom is -0.481 e. The third kappa shape index (κ3) is 3.87. The molecule has 1 heterocycles. The van der Waals surface area contributed by atoms with Gasteiger partial charge >= 0.3 is 5.97 Å². The molecule has 1 aliphatic rings. The van der Waals surface area contributed by atoms with E-state index in [1.54, 1.807) is 0 Å². The van der Waals surface area contributed by atoms with E-state index in [4.69, 9.17) is 9.63 Å². The molecule has 1 aliphatic carbocycles. The summed E-state index contributed by atoms with van der Waals surface area (Å²) in [5.41, 5.74) is 0.932. The summed E-state index contributed by atoms with van der Waals surface area (Å²) in [5.74, 6) is -0.461. The van der Waals surface area contributed by atoms with Gasteiger partial charge in [0.1, 0.15) is 0 Å².